The molecule has 1 atom stereocenters. The van der Waals surface area contributed by atoms with Crippen LogP contribution >= 0.6 is 11.6 Å². The Balaban J connectivity index is 1.99. The maximum atomic E-state index is 11.7. The van der Waals surface area contributed by atoms with Gasteiger partial charge in [-0.2, -0.15) is 5.26 Å². The second-order valence-electron chi connectivity index (χ2n) is 4.30. The minimum absolute atomic E-state index is 0.171. The molecular formula is C13H13ClN2O. The van der Waals surface area contributed by atoms with Gasteiger partial charge >= 0.3 is 0 Å². The fourth-order valence-corrected chi connectivity index (χ4v) is 1.84. The predicted octanol–water partition coefficient (Wildman–Crippen LogP) is 2.30. The first-order valence-corrected chi connectivity index (χ1v) is 6.01. The molecule has 3 nitrogen and oxygen atoms in total. The van der Waals surface area contributed by atoms with Crippen LogP contribution in [0.15, 0.2) is 24.3 Å². The quantitative estimate of drug-likeness (QED) is 0.889. The Hall–Kier alpha value is -1.53. The first-order valence-electron chi connectivity index (χ1n) is 5.63. The maximum Gasteiger partial charge on any atom is 0.237 e. The Kier molecular flexibility index (Phi) is 3.65. The Bertz CT molecular complexity index is 463. The number of hydrogen-bond acceptors (Lipinski definition) is 2. The van der Waals surface area contributed by atoms with E-state index in [1.807, 2.05) is 18.2 Å². The minimum Gasteiger partial charge on any atom is -0.352 e. The third-order valence-electron chi connectivity index (χ3n) is 2.72. The molecule has 88 valence electrons. The summed E-state index contributed by atoms with van der Waals surface area (Å²) in [5, 5.41) is 12.5. The van der Waals surface area contributed by atoms with E-state index < -0.39 is 5.92 Å². The van der Waals surface area contributed by atoms with Gasteiger partial charge in [-0.1, -0.05) is 23.7 Å². The van der Waals surface area contributed by atoms with Crippen LogP contribution in [0.5, 0.6) is 0 Å². The van der Waals surface area contributed by atoms with Crippen LogP contribution in [0.4, 0.5) is 0 Å². The SMILES string of the molecule is N#CC(Cc1cccc(Cl)c1)C(=O)NC1CC1. The van der Waals surface area contributed by atoms with E-state index >= 15 is 0 Å². The number of hydrogen-bond donors (Lipinski definition) is 1. The molecule has 1 aromatic carbocycles. The summed E-state index contributed by atoms with van der Waals surface area (Å²) in [7, 11) is 0. The van der Waals surface area contributed by atoms with Gasteiger partial charge in [-0.15, -0.1) is 0 Å². The van der Waals surface area contributed by atoms with Gasteiger partial charge in [0.1, 0.15) is 5.92 Å². The molecular weight excluding hydrogens is 236 g/mol. The number of nitrogens with zero attached hydrogens (tertiary/aromatic N) is 1. The van der Waals surface area contributed by atoms with Gasteiger partial charge in [-0.3, -0.25) is 4.79 Å². The van der Waals surface area contributed by atoms with E-state index in [9.17, 15) is 4.79 Å². The zero-order chi connectivity index (χ0) is 12.3. The minimum atomic E-state index is -0.630. The van der Waals surface area contributed by atoms with Crippen LogP contribution in [0.2, 0.25) is 5.02 Å². The molecule has 0 heterocycles. The highest BCUT2D eigenvalue weighted by Gasteiger charge is 2.27. The largest absolute Gasteiger partial charge is 0.352 e. The van der Waals surface area contributed by atoms with Crippen LogP contribution in [0, 0.1) is 17.2 Å². The summed E-state index contributed by atoms with van der Waals surface area (Å²) in [4.78, 5) is 11.7. The third-order valence-corrected chi connectivity index (χ3v) is 2.96. The molecule has 0 aliphatic heterocycles. The van der Waals surface area contributed by atoms with Gasteiger partial charge in [0.15, 0.2) is 0 Å². The van der Waals surface area contributed by atoms with Crippen LogP contribution < -0.4 is 5.32 Å². The number of rotatable bonds is 4. The van der Waals surface area contributed by atoms with Crippen LogP contribution in [0.1, 0.15) is 18.4 Å². The summed E-state index contributed by atoms with van der Waals surface area (Å²) in [6.07, 6.45) is 2.47. The molecule has 1 aliphatic carbocycles. The Morgan fingerprint density at radius 1 is 1.59 bits per heavy atom. The molecule has 1 aromatic rings. The summed E-state index contributed by atoms with van der Waals surface area (Å²) < 4.78 is 0. The molecule has 0 aromatic heterocycles. The van der Waals surface area contributed by atoms with E-state index in [1.54, 1.807) is 12.1 Å². The van der Waals surface area contributed by atoms with Crippen molar-refractivity contribution in [2.45, 2.75) is 25.3 Å². The van der Waals surface area contributed by atoms with E-state index in [0.717, 1.165) is 18.4 Å². The zero-order valence-electron chi connectivity index (χ0n) is 9.32. The van der Waals surface area contributed by atoms with Gasteiger partial charge in [0.2, 0.25) is 5.91 Å². The highest BCUT2D eigenvalue weighted by atomic mass is 35.5. The van der Waals surface area contributed by atoms with Crippen LogP contribution in [-0.2, 0) is 11.2 Å². The van der Waals surface area contributed by atoms with Crippen LogP contribution in [0.25, 0.3) is 0 Å². The van der Waals surface area contributed by atoms with Crippen molar-refractivity contribution in [2.75, 3.05) is 0 Å². The fraction of sp³-hybridized carbons (Fsp3) is 0.385. The fourth-order valence-electron chi connectivity index (χ4n) is 1.63. The summed E-state index contributed by atoms with van der Waals surface area (Å²) in [6.45, 7) is 0. The van der Waals surface area contributed by atoms with Crippen LogP contribution in [0.3, 0.4) is 0 Å². The number of carbonyl (C=O) groups is 1. The summed E-state index contributed by atoms with van der Waals surface area (Å²) >= 11 is 5.86. The average molecular weight is 249 g/mol. The predicted molar refractivity (Wildman–Crippen MR) is 65.4 cm³/mol. The Labute approximate surface area is 105 Å². The number of carbonyl (C=O) groups excluding carboxylic acids is 1. The number of benzene rings is 1. The van der Waals surface area contributed by atoms with E-state index in [4.69, 9.17) is 16.9 Å². The standard InChI is InChI=1S/C13H13ClN2O/c14-11-3-1-2-9(7-11)6-10(8-15)13(17)16-12-4-5-12/h1-3,7,10,12H,4-6H2,(H,16,17). The van der Waals surface area contributed by atoms with Gasteiger partial charge in [0.25, 0.3) is 0 Å². The lowest BCUT2D eigenvalue weighted by atomic mass is 10.00. The molecule has 17 heavy (non-hydrogen) atoms. The van der Waals surface area contributed by atoms with Crippen molar-refractivity contribution >= 4 is 17.5 Å². The van der Waals surface area contributed by atoms with Crippen molar-refractivity contribution in [1.29, 1.82) is 5.26 Å². The second-order valence-corrected chi connectivity index (χ2v) is 4.74. The molecule has 0 spiro atoms. The van der Waals surface area contributed by atoms with Gasteiger partial charge in [0, 0.05) is 11.1 Å². The first kappa shape index (κ1) is 11.9. The smallest absolute Gasteiger partial charge is 0.237 e. The molecule has 0 bridgehead atoms. The van der Waals surface area contributed by atoms with Gasteiger partial charge in [0.05, 0.1) is 6.07 Å². The van der Waals surface area contributed by atoms with Crippen molar-refractivity contribution in [2.24, 2.45) is 5.92 Å². The lowest BCUT2D eigenvalue weighted by Crippen LogP contribution is -2.32. The van der Waals surface area contributed by atoms with Gasteiger partial charge in [-0.25, -0.2) is 0 Å². The molecule has 4 heteroatoms. The van der Waals surface area contributed by atoms with E-state index in [-0.39, 0.29) is 11.9 Å². The van der Waals surface area contributed by atoms with Crippen molar-refractivity contribution < 1.29 is 4.79 Å². The normalized spacial score (nSPS) is 16.0. The molecule has 1 fully saturated rings. The molecule has 1 N–H and O–H groups in total. The molecule has 1 saturated carbocycles. The van der Waals surface area contributed by atoms with Gasteiger partial charge < -0.3 is 5.32 Å². The molecule has 2 rings (SSSR count). The van der Waals surface area contributed by atoms with Crippen molar-refractivity contribution in [1.82, 2.24) is 5.32 Å². The van der Waals surface area contributed by atoms with E-state index in [0.29, 0.717) is 11.4 Å². The molecule has 1 unspecified atom stereocenters. The van der Waals surface area contributed by atoms with Crippen molar-refractivity contribution in [3.05, 3.63) is 34.9 Å². The summed E-state index contributed by atoms with van der Waals surface area (Å²) in [5.41, 5.74) is 0.912. The lowest BCUT2D eigenvalue weighted by Gasteiger charge is -2.09. The second kappa shape index (κ2) is 5.20. The van der Waals surface area contributed by atoms with Gasteiger partial charge in [-0.05, 0) is 37.0 Å². The maximum absolute atomic E-state index is 11.7. The molecule has 0 radical (unpaired) electrons. The first-order chi connectivity index (χ1) is 8.19. The molecule has 1 amide bonds. The van der Waals surface area contributed by atoms with Crippen LogP contribution in [-0.4, -0.2) is 11.9 Å². The topological polar surface area (TPSA) is 52.9 Å². The summed E-state index contributed by atoms with van der Waals surface area (Å²) in [5.74, 6) is -0.802. The van der Waals surface area contributed by atoms with Crippen molar-refractivity contribution in [3.63, 3.8) is 0 Å². The monoisotopic (exact) mass is 248 g/mol. The Morgan fingerprint density at radius 2 is 2.35 bits per heavy atom. The Morgan fingerprint density at radius 3 is 2.94 bits per heavy atom. The molecule has 1 aliphatic rings. The van der Waals surface area contributed by atoms with Crippen molar-refractivity contribution in [3.8, 4) is 6.07 Å². The third kappa shape index (κ3) is 3.47. The number of nitriles is 1. The average Bonchev–Trinajstić information content (AvgIpc) is 3.09. The highest BCUT2D eigenvalue weighted by molar-refractivity contribution is 6.30. The number of nitrogens with one attached hydrogen (secondary N) is 1. The lowest BCUT2D eigenvalue weighted by molar-refractivity contribution is -0.123. The number of halogens is 1. The van der Waals surface area contributed by atoms with E-state index in [2.05, 4.69) is 5.32 Å². The molecule has 0 saturated heterocycles. The van der Waals surface area contributed by atoms with E-state index in [1.165, 1.54) is 0 Å². The summed E-state index contributed by atoms with van der Waals surface area (Å²) in [6, 6.07) is 9.60. The highest BCUT2D eigenvalue weighted by Crippen LogP contribution is 2.20. The zero-order valence-corrected chi connectivity index (χ0v) is 10.1. The number of amides is 1.